The number of carbonyl (C=O) groups is 3. The molecule has 25 heavy (non-hydrogen) atoms. The van der Waals surface area contributed by atoms with E-state index in [0.29, 0.717) is 22.8 Å². The summed E-state index contributed by atoms with van der Waals surface area (Å²) < 4.78 is 5.52. The lowest BCUT2D eigenvalue weighted by Crippen LogP contribution is -2.30. The first kappa shape index (κ1) is 16.4. The maximum absolute atomic E-state index is 12.7. The molecule has 0 spiro atoms. The minimum atomic E-state index is -1.16. The van der Waals surface area contributed by atoms with Crippen LogP contribution >= 0.6 is 0 Å². The number of allylic oxidation sites excluding steroid dienone is 1. The summed E-state index contributed by atoms with van der Waals surface area (Å²) >= 11 is 0. The predicted octanol–water partition coefficient (Wildman–Crippen LogP) is 3.41. The molecule has 2 aromatic rings. The average Bonchev–Trinajstić information content (AvgIpc) is 2.80. The molecule has 1 N–H and O–H groups in total. The van der Waals surface area contributed by atoms with E-state index < -0.39 is 17.8 Å². The molecule has 0 fully saturated rings. The Morgan fingerprint density at radius 1 is 1.12 bits per heavy atom. The normalized spacial score (nSPS) is 13.0. The maximum atomic E-state index is 12.7. The summed E-state index contributed by atoms with van der Waals surface area (Å²) in [6.07, 6.45) is 0. The van der Waals surface area contributed by atoms with Crippen molar-refractivity contribution in [3.63, 3.8) is 0 Å². The number of imide groups is 1. The van der Waals surface area contributed by atoms with Gasteiger partial charge in [0.05, 0.1) is 28.1 Å². The van der Waals surface area contributed by atoms with Crippen molar-refractivity contribution < 1.29 is 24.2 Å². The van der Waals surface area contributed by atoms with E-state index in [1.54, 1.807) is 32.0 Å². The Morgan fingerprint density at radius 2 is 1.80 bits per heavy atom. The van der Waals surface area contributed by atoms with Gasteiger partial charge in [-0.05, 0) is 44.2 Å². The molecule has 1 aliphatic heterocycles. The van der Waals surface area contributed by atoms with Gasteiger partial charge < -0.3 is 9.84 Å². The molecule has 1 heterocycles. The van der Waals surface area contributed by atoms with Crippen molar-refractivity contribution >= 4 is 23.5 Å². The molecule has 6 heteroatoms. The van der Waals surface area contributed by atoms with E-state index in [0.717, 1.165) is 4.90 Å². The summed E-state index contributed by atoms with van der Waals surface area (Å²) in [5, 5.41) is 9.08. The van der Waals surface area contributed by atoms with Crippen molar-refractivity contribution in [3.8, 4) is 5.75 Å². The highest BCUT2D eigenvalue weighted by Crippen LogP contribution is 2.35. The first-order chi connectivity index (χ1) is 11.8. The first-order valence-electron chi connectivity index (χ1n) is 7.50. The van der Waals surface area contributed by atoms with Gasteiger partial charge in [0.25, 0.3) is 11.8 Å². The summed E-state index contributed by atoms with van der Waals surface area (Å²) in [5.41, 5.74) is 1.22. The van der Waals surface area contributed by atoms with E-state index in [1.807, 2.05) is 0 Å². The SMILES string of the molecule is C=C(C)Oc1cccc(N2C(=O)c3ccc(C(=O)O)cc3C2=O)c1C. The highest BCUT2D eigenvalue weighted by molar-refractivity contribution is 6.35. The number of hydrogen-bond donors (Lipinski definition) is 1. The molecular formula is C19H15NO5. The third kappa shape index (κ3) is 2.67. The number of benzene rings is 2. The van der Waals surface area contributed by atoms with Crippen molar-refractivity contribution in [1.82, 2.24) is 0 Å². The van der Waals surface area contributed by atoms with Gasteiger partial charge in [-0.25, -0.2) is 9.69 Å². The smallest absolute Gasteiger partial charge is 0.335 e. The lowest BCUT2D eigenvalue weighted by atomic mass is 10.1. The van der Waals surface area contributed by atoms with Crippen LogP contribution in [-0.4, -0.2) is 22.9 Å². The standard InChI is InChI=1S/C19H15NO5/c1-10(2)25-16-6-4-5-15(11(16)3)20-17(21)13-8-7-12(19(23)24)9-14(13)18(20)22/h4-9H,1H2,2-3H3,(H,23,24). The van der Waals surface area contributed by atoms with Crippen LogP contribution in [0.25, 0.3) is 0 Å². The predicted molar refractivity (Wildman–Crippen MR) is 91.2 cm³/mol. The van der Waals surface area contributed by atoms with Gasteiger partial charge in [0.15, 0.2) is 0 Å². The van der Waals surface area contributed by atoms with E-state index in [-0.39, 0.29) is 16.7 Å². The van der Waals surface area contributed by atoms with Crippen molar-refractivity contribution in [2.75, 3.05) is 4.90 Å². The Labute approximate surface area is 143 Å². The van der Waals surface area contributed by atoms with Gasteiger partial charge in [-0.1, -0.05) is 12.6 Å². The molecule has 0 unspecified atom stereocenters. The van der Waals surface area contributed by atoms with Crippen LogP contribution in [0, 0.1) is 6.92 Å². The molecule has 0 aliphatic carbocycles. The highest BCUT2D eigenvalue weighted by Gasteiger charge is 2.38. The number of ether oxygens (including phenoxy) is 1. The van der Waals surface area contributed by atoms with Crippen LogP contribution in [0.2, 0.25) is 0 Å². The van der Waals surface area contributed by atoms with E-state index in [9.17, 15) is 14.4 Å². The van der Waals surface area contributed by atoms with Crippen LogP contribution in [0.4, 0.5) is 5.69 Å². The molecule has 126 valence electrons. The number of hydrogen-bond acceptors (Lipinski definition) is 4. The Hall–Kier alpha value is -3.41. The minimum absolute atomic E-state index is 0.0437. The van der Waals surface area contributed by atoms with Crippen molar-refractivity contribution in [2.45, 2.75) is 13.8 Å². The second kappa shape index (κ2) is 5.90. The number of carbonyl (C=O) groups excluding carboxylic acids is 2. The summed E-state index contributed by atoms with van der Waals surface area (Å²) in [7, 11) is 0. The van der Waals surface area contributed by atoms with E-state index >= 15 is 0 Å². The molecular weight excluding hydrogens is 322 g/mol. The Morgan fingerprint density at radius 3 is 2.44 bits per heavy atom. The molecule has 0 radical (unpaired) electrons. The summed E-state index contributed by atoms with van der Waals surface area (Å²) in [4.78, 5) is 37.5. The van der Waals surface area contributed by atoms with Gasteiger partial charge >= 0.3 is 5.97 Å². The highest BCUT2D eigenvalue weighted by atomic mass is 16.5. The largest absolute Gasteiger partial charge is 0.478 e. The van der Waals surface area contributed by atoms with Crippen molar-refractivity contribution in [3.05, 3.63) is 71.0 Å². The average molecular weight is 337 g/mol. The van der Waals surface area contributed by atoms with Gasteiger partial charge in [0.1, 0.15) is 5.75 Å². The van der Waals surface area contributed by atoms with Gasteiger partial charge in [-0.15, -0.1) is 0 Å². The van der Waals surface area contributed by atoms with Gasteiger partial charge in [0.2, 0.25) is 0 Å². The summed E-state index contributed by atoms with van der Waals surface area (Å²) in [6.45, 7) is 7.11. The minimum Gasteiger partial charge on any atom is -0.478 e. The number of rotatable bonds is 4. The Kier molecular flexibility index (Phi) is 3.88. The van der Waals surface area contributed by atoms with Crippen LogP contribution in [0.15, 0.2) is 48.7 Å². The summed E-state index contributed by atoms with van der Waals surface area (Å²) in [5.74, 6) is -1.23. The van der Waals surface area contributed by atoms with Crippen LogP contribution < -0.4 is 9.64 Å². The molecule has 2 aromatic carbocycles. The molecule has 0 aromatic heterocycles. The second-order valence-electron chi connectivity index (χ2n) is 5.72. The molecule has 0 saturated heterocycles. The molecule has 0 saturated carbocycles. The fraction of sp³-hybridized carbons (Fsp3) is 0.105. The molecule has 3 rings (SSSR count). The third-order valence-electron chi connectivity index (χ3n) is 3.91. The zero-order valence-electron chi connectivity index (χ0n) is 13.7. The van der Waals surface area contributed by atoms with Crippen LogP contribution in [-0.2, 0) is 0 Å². The van der Waals surface area contributed by atoms with Gasteiger partial charge in [0, 0.05) is 5.56 Å². The van der Waals surface area contributed by atoms with Gasteiger partial charge in [-0.3, -0.25) is 9.59 Å². The molecule has 6 nitrogen and oxygen atoms in total. The van der Waals surface area contributed by atoms with E-state index in [2.05, 4.69) is 6.58 Å². The number of fused-ring (bicyclic) bond motifs is 1. The zero-order valence-corrected chi connectivity index (χ0v) is 13.7. The number of carboxylic acids is 1. The van der Waals surface area contributed by atoms with Gasteiger partial charge in [-0.2, -0.15) is 0 Å². The van der Waals surface area contributed by atoms with Crippen molar-refractivity contribution in [1.29, 1.82) is 0 Å². The number of aromatic carboxylic acids is 1. The molecule has 2 amide bonds. The number of anilines is 1. The lowest BCUT2D eigenvalue weighted by Gasteiger charge is -2.19. The van der Waals surface area contributed by atoms with Crippen molar-refractivity contribution in [2.24, 2.45) is 0 Å². The number of amides is 2. The Bertz CT molecular complexity index is 945. The molecule has 0 bridgehead atoms. The molecule has 0 atom stereocenters. The maximum Gasteiger partial charge on any atom is 0.335 e. The fourth-order valence-corrected chi connectivity index (χ4v) is 2.74. The quantitative estimate of drug-likeness (QED) is 0.683. The lowest BCUT2D eigenvalue weighted by molar-refractivity contribution is 0.0696. The molecule has 1 aliphatic rings. The Balaban J connectivity index is 2.08. The topological polar surface area (TPSA) is 83.9 Å². The summed E-state index contributed by atoms with van der Waals surface area (Å²) in [6, 6.07) is 8.93. The monoisotopic (exact) mass is 337 g/mol. The van der Waals surface area contributed by atoms with E-state index in [1.165, 1.54) is 18.2 Å². The van der Waals surface area contributed by atoms with Crippen LogP contribution in [0.5, 0.6) is 5.75 Å². The third-order valence-corrected chi connectivity index (χ3v) is 3.91. The van der Waals surface area contributed by atoms with E-state index in [4.69, 9.17) is 9.84 Å². The van der Waals surface area contributed by atoms with Crippen LogP contribution in [0.3, 0.4) is 0 Å². The number of nitrogens with zero attached hydrogens (tertiary/aromatic N) is 1. The second-order valence-corrected chi connectivity index (χ2v) is 5.72. The van der Waals surface area contributed by atoms with Crippen LogP contribution in [0.1, 0.15) is 43.6 Å². The zero-order chi connectivity index (χ0) is 18.3. The first-order valence-corrected chi connectivity index (χ1v) is 7.50. The fourth-order valence-electron chi connectivity index (χ4n) is 2.74. The number of carboxylic acid groups (broad SMARTS) is 1.